The van der Waals surface area contributed by atoms with E-state index in [1.54, 1.807) is 11.8 Å². The van der Waals surface area contributed by atoms with Crippen molar-refractivity contribution in [1.82, 2.24) is 4.90 Å². The summed E-state index contributed by atoms with van der Waals surface area (Å²) in [6, 6.07) is 0.304. The van der Waals surface area contributed by atoms with Gasteiger partial charge >= 0.3 is 5.97 Å². The number of nitrogens with zero attached hydrogens (tertiary/aromatic N) is 1. The minimum Gasteiger partial charge on any atom is -0.481 e. The first-order chi connectivity index (χ1) is 10.0. The van der Waals surface area contributed by atoms with Crippen LogP contribution in [0, 0.1) is 0 Å². The quantitative estimate of drug-likeness (QED) is 0.365. The molecule has 0 bridgehead atoms. The molecule has 1 aliphatic heterocycles. The molecule has 2 N–H and O–H groups in total. The third-order valence-electron chi connectivity index (χ3n) is 3.50. The summed E-state index contributed by atoms with van der Waals surface area (Å²) in [5, 5.41) is 18.2. The average Bonchev–Trinajstić information content (AvgIpc) is 2.80. The zero-order chi connectivity index (χ0) is 15.7. The van der Waals surface area contributed by atoms with Crippen LogP contribution in [0.4, 0.5) is 0 Å². The van der Waals surface area contributed by atoms with Gasteiger partial charge in [-0.1, -0.05) is 31.3 Å². The molecule has 1 rings (SSSR count). The lowest BCUT2D eigenvalue weighted by atomic mass is 10.1. The summed E-state index contributed by atoms with van der Waals surface area (Å²) in [5.74, 6) is 1.11. The molecule has 4 nitrogen and oxygen atoms in total. The van der Waals surface area contributed by atoms with Gasteiger partial charge in [-0.15, -0.1) is 0 Å². The Morgan fingerprint density at radius 2 is 2.33 bits per heavy atom. The van der Waals surface area contributed by atoms with Crippen molar-refractivity contribution in [2.24, 2.45) is 0 Å². The fourth-order valence-corrected chi connectivity index (χ4v) is 3.45. The molecule has 0 radical (unpaired) electrons. The minimum absolute atomic E-state index is 0.245. The van der Waals surface area contributed by atoms with Gasteiger partial charge in [0.15, 0.2) is 0 Å². The second-order valence-electron chi connectivity index (χ2n) is 5.16. The van der Waals surface area contributed by atoms with E-state index in [9.17, 15) is 9.90 Å². The molecule has 0 amide bonds. The van der Waals surface area contributed by atoms with Crippen LogP contribution in [-0.2, 0) is 4.79 Å². The number of thiocarbonyl (C=S) groups is 1. The Labute approximate surface area is 136 Å². The molecule has 0 saturated carbocycles. The number of hydrogen-bond donors (Lipinski definition) is 2. The summed E-state index contributed by atoms with van der Waals surface area (Å²) in [6.07, 6.45) is 7.23. The van der Waals surface area contributed by atoms with Gasteiger partial charge in [-0.2, -0.15) is 11.8 Å². The number of likely N-dealkylation sites (tertiary alicyclic amines) is 1. The number of carboxylic acids is 1. The topological polar surface area (TPSA) is 60.8 Å². The zero-order valence-electron chi connectivity index (χ0n) is 12.5. The molecule has 21 heavy (non-hydrogen) atoms. The Morgan fingerprint density at radius 1 is 1.57 bits per heavy atom. The van der Waals surface area contributed by atoms with Crippen LogP contribution < -0.4 is 0 Å². The van der Waals surface area contributed by atoms with Gasteiger partial charge in [-0.25, -0.2) is 0 Å². The van der Waals surface area contributed by atoms with Crippen molar-refractivity contribution in [2.45, 2.75) is 51.2 Å². The maximum atomic E-state index is 10.4. The fourth-order valence-electron chi connectivity index (χ4n) is 2.23. The SMILES string of the molecule is CC[C@H](O)/C=C/[C@H]1CCC(=S)N1CCSCCCC(=O)O. The van der Waals surface area contributed by atoms with Crippen LogP contribution in [-0.4, -0.2) is 56.3 Å². The van der Waals surface area contributed by atoms with Crippen molar-refractivity contribution >= 4 is 34.9 Å². The fraction of sp³-hybridized carbons (Fsp3) is 0.733. The van der Waals surface area contributed by atoms with Crippen molar-refractivity contribution in [3.05, 3.63) is 12.2 Å². The lowest BCUT2D eigenvalue weighted by Gasteiger charge is -2.24. The highest BCUT2D eigenvalue weighted by Crippen LogP contribution is 2.22. The van der Waals surface area contributed by atoms with Crippen LogP contribution in [0.2, 0.25) is 0 Å². The lowest BCUT2D eigenvalue weighted by molar-refractivity contribution is -0.137. The van der Waals surface area contributed by atoms with Crippen molar-refractivity contribution in [3.63, 3.8) is 0 Å². The largest absolute Gasteiger partial charge is 0.481 e. The smallest absolute Gasteiger partial charge is 0.303 e. The number of hydrogen-bond acceptors (Lipinski definition) is 4. The molecule has 120 valence electrons. The molecule has 0 spiro atoms. The van der Waals surface area contributed by atoms with Crippen molar-refractivity contribution < 1.29 is 15.0 Å². The molecule has 1 heterocycles. The van der Waals surface area contributed by atoms with E-state index >= 15 is 0 Å². The van der Waals surface area contributed by atoms with Gasteiger partial charge in [0.25, 0.3) is 0 Å². The Hall–Kier alpha value is -0.590. The number of aliphatic carboxylic acids is 1. The molecular weight excluding hydrogens is 306 g/mol. The minimum atomic E-state index is -0.726. The monoisotopic (exact) mass is 331 g/mol. The average molecular weight is 332 g/mol. The molecule has 0 aromatic rings. The van der Waals surface area contributed by atoms with E-state index < -0.39 is 5.97 Å². The molecule has 1 fully saturated rings. The van der Waals surface area contributed by atoms with E-state index in [1.807, 2.05) is 13.0 Å². The van der Waals surface area contributed by atoms with Crippen LogP contribution >= 0.6 is 24.0 Å². The Balaban J connectivity index is 2.28. The van der Waals surface area contributed by atoms with Gasteiger partial charge in [0, 0.05) is 31.2 Å². The number of aliphatic hydroxyl groups excluding tert-OH is 1. The highest BCUT2D eigenvalue weighted by atomic mass is 32.2. The van der Waals surface area contributed by atoms with E-state index in [4.69, 9.17) is 17.3 Å². The van der Waals surface area contributed by atoms with E-state index in [-0.39, 0.29) is 12.5 Å². The number of thioether (sulfide) groups is 1. The Morgan fingerprint density at radius 3 is 3.00 bits per heavy atom. The van der Waals surface area contributed by atoms with Crippen LogP contribution in [0.1, 0.15) is 39.0 Å². The summed E-state index contributed by atoms with van der Waals surface area (Å²) in [6.45, 7) is 2.85. The first-order valence-corrected chi connectivity index (χ1v) is 9.06. The first-order valence-electron chi connectivity index (χ1n) is 7.50. The molecular formula is C15H25NO3S2. The van der Waals surface area contributed by atoms with Crippen molar-refractivity contribution in [2.75, 3.05) is 18.1 Å². The normalized spacial score (nSPS) is 20.4. The second kappa shape index (κ2) is 10.2. The van der Waals surface area contributed by atoms with Crippen LogP contribution in [0.15, 0.2) is 12.2 Å². The summed E-state index contributed by atoms with van der Waals surface area (Å²) in [4.78, 5) is 13.7. The van der Waals surface area contributed by atoms with Crippen molar-refractivity contribution in [1.29, 1.82) is 0 Å². The third kappa shape index (κ3) is 7.29. The first kappa shape index (κ1) is 18.5. The van der Waals surface area contributed by atoms with Gasteiger partial charge < -0.3 is 15.1 Å². The summed E-state index contributed by atoms with van der Waals surface area (Å²) in [5.41, 5.74) is 0. The van der Waals surface area contributed by atoms with Gasteiger partial charge in [-0.3, -0.25) is 4.79 Å². The highest BCUT2D eigenvalue weighted by molar-refractivity contribution is 7.99. The second-order valence-corrected chi connectivity index (χ2v) is 6.86. The standard InChI is InChI=1S/C15H25NO3S2/c1-2-13(17)7-5-12-6-8-14(20)16(12)9-11-21-10-3-4-15(18)19/h5,7,12-13,17H,2-4,6,8-11H2,1H3,(H,18,19)/b7-5+/t12-,13-/m0/s1. The molecule has 0 unspecified atom stereocenters. The van der Waals surface area contributed by atoms with Crippen LogP contribution in [0.25, 0.3) is 0 Å². The van der Waals surface area contributed by atoms with E-state index in [1.165, 1.54) is 0 Å². The summed E-state index contributed by atoms with van der Waals surface area (Å²) >= 11 is 7.18. The van der Waals surface area contributed by atoms with Gasteiger partial charge in [0.05, 0.1) is 11.1 Å². The summed E-state index contributed by atoms with van der Waals surface area (Å²) in [7, 11) is 0. The van der Waals surface area contributed by atoms with E-state index in [0.717, 1.165) is 48.7 Å². The molecule has 0 aliphatic carbocycles. The predicted octanol–water partition coefficient (Wildman–Crippen LogP) is 2.70. The molecule has 1 aliphatic rings. The van der Waals surface area contributed by atoms with Crippen LogP contribution in [0.5, 0.6) is 0 Å². The molecule has 1 saturated heterocycles. The van der Waals surface area contributed by atoms with Gasteiger partial charge in [0.2, 0.25) is 0 Å². The van der Waals surface area contributed by atoms with E-state index in [0.29, 0.717) is 6.04 Å². The maximum Gasteiger partial charge on any atom is 0.303 e. The Kier molecular flexibility index (Phi) is 8.96. The predicted molar refractivity (Wildman–Crippen MR) is 92.0 cm³/mol. The van der Waals surface area contributed by atoms with Crippen LogP contribution in [0.3, 0.4) is 0 Å². The lowest BCUT2D eigenvalue weighted by Crippen LogP contribution is -2.33. The number of carbonyl (C=O) groups is 1. The number of rotatable bonds is 10. The van der Waals surface area contributed by atoms with E-state index in [2.05, 4.69) is 11.0 Å². The molecule has 2 atom stereocenters. The molecule has 6 heteroatoms. The molecule has 0 aromatic carbocycles. The zero-order valence-corrected chi connectivity index (χ0v) is 14.2. The van der Waals surface area contributed by atoms with Gasteiger partial charge in [0.1, 0.15) is 0 Å². The van der Waals surface area contributed by atoms with Gasteiger partial charge in [-0.05, 0) is 25.0 Å². The Bertz CT molecular complexity index is 374. The molecule has 0 aromatic heterocycles. The number of carboxylic acid groups (broad SMARTS) is 1. The highest BCUT2D eigenvalue weighted by Gasteiger charge is 2.25. The third-order valence-corrected chi connectivity index (χ3v) is 4.99. The van der Waals surface area contributed by atoms with Crippen molar-refractivity contribution in [3.8, 4) is 0 Å². The summed E-state index contributed by atoms with van der Waals surface area (Å²) < 4.78 is 0. The maximum absolute atomic E-state index is 10.4. The number of aliphatic hydroxyl groups is 1.